The quantitative estimate of drug-likeness (QED) is 0.852. The molecule has 0 atom stereocenters. The molecule has 2 aromatic heterocycles. The Balaban J connectivity index is 2.13. The van der Waals surface area contributed by atoms with Crippen LogP contribution in [0, 0.1) is 0 Å². The molecule has 7 heteroatoms. The molecule has 2 N–H and O–H groups in total. The zero-order valence-corrected chi connectivity index (χ0v) is 11.9. The predicted molar refractivity (Wildman–Crippen MR) is 74.9 cm³/mol. The Kier molecular flexibility index (Phi) is 4.07. The normalized spacial score (nSPS) is 10.8. The van der Waals surface area contributed by atoms with Crippen molar-refractivity contribution in [2.24, 2.45) is 0 Å². The smallest absolute Gasteiger partial charge is 0.258 e. The van der Waals surface area contributed by atoms with E-state index in [0.717, 1.165) is 5.69 Å². The van der Waals surface area contributed by atoms with Gasteiger partial charge in [-0.15, -0.1) is 0 Å². The van der Waals surface area contributed by atoms with E-state index < -0.39 is 0 Å². The Morgan fingerprint density at radius 2 is 2.11 bits per heavy atom. The van der Waals surface area contributed by atoms with Gasteiger partial charge in [0.1, 0.15) is 5.15 Å². The minimum Gasteiger partial charge on any atom is -0.305 e. The monoisotopic (exact) mass is 298 g/mol. The molecule has 0 aromatic carbocycles. The summed E-state index contributed by atoms with van der Waals surface area (Å²) in [4.78, 5) is 15.8. The van der Waals surface area contributed by atoms with Gasteiger partial charge in [0.25, 0.3) is 5.91 Å². The summed E-state index contributed by atoms with van der Waals surface area (Å²) in [5.41, 5.74) is 1.27. The maximum Gasteiger partial charge on any atom is 0.258 e. The summed E-state index contributed by atoms with van der Waals surface area (Å²) in [6.07, 6.45) is 1.36. The maximum absolute atomic E-state index is 11.9. The average molecular weight is 299 g/mol. The summed E-state index contributed by atoms with van der Waals surface area (Å²) >= 11 is 11.5. The van der Waals surface area contributed by atoms with E-state index in [4.69, 9.17) is 23.2 Å². The second-order valence-corrected chi connectivity index (χ2v) is 5.08. The fourth-order valence-corrected chi connectivity index (χ4v) is 1.70. The molecule has 0 saturated heterocycles. The lowest BCUT2D eigenvalue weighted by Gasteiger charge is -2.02. The fourth-order valence-electron chi connectivity index (χ4n) is 1.43. The summed E-state index contributed by atoms with van der Waals surface area (Å²) in [6, 6.07) is 3.25. The Bertz CT molecular complexity index is 610. The van der Waals surface area contributed by atoms with Crippen LogP contribution in [0.1, 0.15) is 35.8 Å². The Hall–Kier alpha value is -1.59. The number of H-pyrrole nitrogens is 1. The number of halogens is 2. The van der Waals surface area contributed by atoms with Crippen molar-refractivity contribution >= 4 is 34.9 Å². The van der Waals surface area contributed by atoms with Gasteiger partial charge in [-0.2, -0.15) is 5.10 Å². The number of nitrogens with one attached hydrogen (secondary N) is 2. The molecule has 0 fully saturated rings. The van der Waals surface area contributed by atoms with Crippen LogP contribution in [0.2, 0.25) is 10.2 Å². The molecule has 1 amide bonds. The fraction of sp³-hybridized carbons (Fsp3) is 0.250. The van der Waals surface area contributed by atoms with E-state index in [1.165, 1.54) is 12.3 Å². The first-order valence-electron chi connectivity index (χ1n) is 5.65. The molecule has 2 rings (SSSR count). The number of amides is 1. The first-order valence-corrected chi connectivity index (χ1v) is 6.40. The first kappa shape index (κ1) is 13.8. The van der Waals surface area contributed by atoms with Crippen molar-refractivity contribution in [3.8, 4) is 0 Å². The van der Waals surface area contributed by atoms with Crippen molar-refractivity contribution in [2.45, 2.75) is 19.8 Å². The minimum absolute atomic E-state index is 0.167. The van der Waals surface area contributed by atoms with Crippen LogP contribution in [0.5, 0.6) is 0 Å². The standard InChI is InChI=1S/C12H12Cl2N4O/c1-6(2)9-4-10(18-17-9)16-12(19)7-3-8(13)11(14)15-5-7/h3-6H,1-2H3,(H2,16,17,18,19). The van der Waals surface area contributed by atoms with E-state index in [-0.39, 0.29) is 16.1 Å². The number of aromatic nitrogens is 3. The van der Waals surface area contributed by atoms with Gasteiger partial charge in [0.05, 0.1) is 10.6 Å². The highest BCUT2D eigenvalue weighted by Gasteiger charge is 2.12. The van der Waals surface area contributed by atoms with Gasteiger partial charge < -0.3 is 5.32 Å². The Morgan fingerprint density at radius 3 is 2.68 bits per heavy atom. The molecule has 0 aliphatic carbocycles. The summed E-state index contributed by atoms with van der Waals surface area (Å²) in [5.74, 6) is 0.428. The SMILES string of the molecule is CC(C)c1cc(NC(=O)c2cnc(Cl)c(Cl)c2)n[nH]1. The molecule has 2 aromatic rings. The molecular formula is C12H12Cl2N4O. The lowest BCUT2D eigenvalue weighted by molar-refractivity contribution is 0.102. The second-order valence-electron chi connectivity index (χ2n) is 4.31. The topological polar surface area (TPSA) is 70.7 Å². The molecule has 0 bridgehead atoms. The van der Waals surface area contributed by atoms with Crippen LogP contribution in [0.15, 0.2) is 18.3 Å². The molecule has 100 valence electrons. The lowest BCUT2D eigenvalue weighted by Crippen LogP contribution is -2.12. The Morgan fingerprint density at radius 1 is 1.37 bits per heavy atom. The number of hydrogen-bond donors (Lipinski definition) is 2. The van der Waals surface area contributed by atoms with Crippen LogP contribution in [-0.4, -0.2) is 21.1 Å². The van der Waals surface area contributed by atoms with E-state index in [1.807, 2.05) is 13.8 Å². The van der Waals surface area contributed by atoms with E-state index in [1.54, 1.807) is 6.07 Å². The third-order valence-electron chi connectivity index (χ3n) is 2.52. The van der Waals surface area contributed by atoms with Gasteiger partial charge in [-0.3, -0.25) is 9.89 Å². The van der Waals surface area contributed by atoms with Crippen LogP contribution in [0.25, 0.3) is 0 Å². The van der Waals surface area contributed by atoms with E-state index in [9.17, 15) is 4.79 Å². The molecule has 0 saturated carbocycles. The number of rotatable bonds is 3. The number of anilines is 1. The van der Waals surface area contributed by atoms with Gasteiger partial charge >= 0.3 is 0 Å². The second kappa shape index (κ2) is 5.59. The van der Waals surface area contributed by atoms with Gasteiger partial charge in [0, 0.05) is 18.0 Å². The zero-order chi connectivity index (χ0) is 14.0. The van der Waals surface area contributed by atoms with Gasteiger partial charge in [0.2, 0.25) is 0 Å². The molecule has 0 radical (unpaired) electrons. The van der Waals surface area contributed by atoms with E-state index in [0.29, 0.717) is 17.3 Å². The highest BCUT2D eigenvalue weighted by atomic mass is 35.5. The number of nitrogens with zero attached hydrogens (tertiary/aromatic N) is 2. The van der Waals surface area contributed by atoms with Crippen LogP contribution < -0.4 is 5.32 Å². The highest BCUT2D eigenvalue weighted by molar-refractivity contribution is 6.41. The number of pyridine rings is 1. The average Bonchev–Trinajstić information content (AvgIpc) is 2.81. The van der Waals surface area contributed by atoms with E-state index >= 15 is 0 Å². The van der Waals surface area contributed by atoms with Gasteiger partial charge in [-0.1, -0.05) is 37.0 Å². The van der Waals surface area contributed by atoms with Crippen molar-refractivity contribution in [3.63, 3.8) is 0 Å². The van der Waals surface area contributed by atoms with Gasteiger partial charge in [-0.25, -0.2) is 4.98 Å². The van der Waals surface area contributed by atoms with Crippen LogP contribution in [-0.2, 0) is 0 Å². The molecule has 0 aliphatic rings. The molecule has 5 nitrogen and oxygen atoms in total. The first-order chi connectivity index (χ1) is 8.97. The largest absolute Gasteiger partial charge is 0.305 e. The maximum atomic E-state index is 11.9. The van der Waals surface area contributed by atoms with Crippen molar-refractivity contribution in [1.82, 2.24) is 15.2 Å². The zero-order valence-electron chi connectivity index (χ0n) is 10.4. The van der Waals surface area contributed by atoms with Crippen LogP contribution in [0.4, 0.5) is 5.82 Å². The predicted octanol–water partition coefficient (Wildman–Crippen LogP) is 3.49. The van der Waals surface area contributed by atoms with Crippen molar-refractivity contribution in [1.29, 1.82) is 0 Å². The number of hydrogen-bond acceptors (Lipinski definition) is 3. The third-order valence-corrected chi connectivity index (χ3v) is 3.21. The summed E-state index contributed by atoms with van der Waals surface area (Å²) < 4.78 is 0. The number of aromatic amines is 1. The summed E-state index contributed by atoms with van der Waals surface area (Å²) in [7, 11) is 0. The summed E-state index contributed by atoms with van der Waals surface area (Å²) in [6.45, 7) is 4.06. The van der Waals surface area contributed by atoms with Crippen LogP contribution >= 0.6 is 23.2 Å². The number of carbonyl (C=O) groups excluding carboxylic acids is 1. The van der Waals surface area contributed by atoms with E-state index in [2.05, 4.69) is 20.5 Å². The molecule has 0 unspecified atom stereocenters. The summed E-state index contributed by atoms with van der Waals surface area (Å²) in [5, 5.41) is 9.92. The number of carbonyl (C=O) groups is 1. The molecule has 2 heterocycles. The molecule has 0 aliphatic heterocycles. The van der Waals surface area contributed by atoms with Gasteiger partial charge in [-0.05, 0) is 12.0 Å². The molecule has 0 spiro atoms. The third kappa shape index (κ3) is 3.24. The van der Waals surface area contributed by atoms with Gasteiger partial charge in [0.15, 0.2) is 5.82 Å². The molecule has 19 heavy (non-hydrogen) atoms. The van der Waals surface area contributed by atoms with Crippen molar-refractivity contribution in [2.75, 3.05) is 5.32 Å². The molecular weight excluding hydrogens is 287 g/mol. The van der Waals surface area contributed by atoms with Crippen LogP contribution in [0.3, 0.4) is 0 Å². The highest BCUT2D eigenvalue weighted by Crippen LogP contribution is 2.20. The van der Waals surface area contributed by atoms with Crippen molar-refractivity contribution in [3.05, 3.63) is 39.8 Å². The van der Waals surface area contributed by atoms with Crippen molar-refractivity contribution < 1.29 is 4.79 Å². The lowest BCUT2D eigenvalue weighted by atomic mass is 10.1. The Labute approximate surface area is 120 Å². The minimum atomic E-state index is -0.340.